The fourth-order valence-corrected chi connectivity index (χ4v) is 2.74. The van der Waals surface area contributed by atoms with E-state index in [-0.39, 0.29) is 0 Å². The smallest absolute Gasteiger partial charge is 0.244 e. The first-order chi connectivity index (χ1) is 9.81. The molecule has 3 N–H and O–H groups in total. The Morgan fingerprint density at radius 3 is 2.62 bits per heavy atom. The third-order valence-corrected chi connectivity index (χ3v) is 4.58. The molecule has 5 nitrogen and oxygen atoms in total. The predicted octanol–water partition coefficient (Wildman–Crippen LogP) is 3.09. The Balaban J connectivity index is 2.40. The minimum absolute atomic E-state index is 0.458. The Morgan fingerprint density at radius 1 is 1.48 bits per heavy atom. The van der Waals surface area contributed by atoms with Gasteiger partial charge in [-0.1, -0.05) is 11.6 Å². The zero-order valence-electron chi connectivity index (χ0n) is 11.9. The van der Waals surface area contributed by atoms with Gasteiger partial charge in [0.1, 0.15) is 6.04 Å². The number of carbonyl (C=O) groups excluding carboxylic acids is 1. The van der Waals surface area contributed by atoms with Crippen molar-refractivity contribution in [1.82, 2.24) is 9.78 Å². The summed E-state index contributed by atoms with van der Waals surface area (Å²) in [6.07, 6.45) is 0. The number of aromatic nitrogens is 2. The molecule has 1 heterocycles. The number of nitrogens with zero attached hydrogens (tertiary/aromatic N) is 2. The molecule has 1 aromatic heterocycles. The van der Waals surface area contributed by atoms with Crippen molar-refractivity contribution in [2.45, 2.75) is 19.9 Å². The van der Waals surface area contributed by atoms with Crippen molar-refractivity contribution < 1.29 is 4.79 Å². The molecule has 2 aromatic rings. The van der Waals surface area contributed by atoms with Crippen LogP contribution in [0, 0.1) is 13.8 Å². The maximum Gasteiger partial charge on any atom is 0.244 e. The number of anilines is 1. The standard InChI is InChI=1S/C14H16BrClN4O/c1-7-12(8(2)20(3)19-7)13(14(17)21)18-9-4-5-11(16)10(15)6-9/h4-6,13,18H,1-3H3,(H2,17,21). The van der Waals surface area contributed by atoms with Gasteiger partial charge in [-0.05, 0) is 48.0 Å². The van der Waals surface area contributed by atoms with E-state index in [2.05, 4.69) is 26.3 Å². The molecular formula is C14H16BrClN4O. The molecular weight excluding hydrogens is 356 g/mol. The largest absolute Gasteiger partial charge is 0.370 e. The summed E-state index contributed by atoms with van der Waals surface area (Å²) in [6.45, 7) is 3.77. The fraction of sp³-hybridized carbons (Fsp3) is 0.286. The summed E-state index contributed by atoms with van der Waals surface area (Å²) in [4.78, 5) is 11.9. The minimum Gasteiger partial charge on any atom is -0.370 e. The van der Waals surface area contributed by atoms with Crippen LogP contribution in [0.5, 0.6) is 0 Å². The first-order valence-corrected chi connectivity index (χ1v) is 7.49. The van der Waals surface area contributed by atoms with Crippen LogP contribution in [0.4, 0.5) is 5.69 Å². The number of amides is 1. The molecule has 0 aliphatic carbocycles. The molecule has 0 aliphatic heterocycles. The lowest BCUT2D eigenvalue weighted by Crippen LogP contribution is -2.28. The van der Waals surface area contributed by atoms with Gasteiger partial charge >= 0.3 is 0 Å². The van der Waals surface area contributed by atoms with Crippen LogP contribution in [0.2, 0.25) is 5.02 Å². The number of hydrogen-bond donors (Lipinski definition) is 2. The number of carbonyl (C=O) groups is 1. The Kier molecular flexibility index (Phi) is 4.58. The van der Waals surface area contributed by atoms with Crippen LogP contribution in [0.3, 0.4) is 0 Å². The SMILES string of the molecule is Cc1nn(C)c(C)c1C(Nc1ccc(Cl)c(Br)c1)C(N)=O. The van der Waals surface area contributed by atoms with Crippen LogP contribution in [0.1, 0.15) is 23.0 Å². The summed E-state index contributed by atoms with van der Waals surface area (Å²) in [6, 6.07) is 4.70. The van der Waals surface area contributed by atoms with Gasteiger partial charge in [0.2, 0.25) is 5.91 Å². The number of primary amides is 1. The van der Waals surface area contributed by atoms with Crippen molar-refractivity contribution in [1.29, 1.82) is 0 Å². The second-order valence-corrected chi connectivity index (χ2v) is 6.08. The topological polar surface area (TPSA) is 72.9 Å². The van der Waals surface area contributed by atoms with Gasteiger partial charge in [0, 0.05) is 28.5 Å². The van der Waals surface area contributed by atoms with E-state index in [4.69, 9.17) is 17.3 Å². The third-order valence-electron chi connectivity index (χ3n) is 3.37. The van der Waals surface area contributed by atoms with Gasteiger partial charge in [-0.25, -0.2) is 0 Å². The number of nitrogens with two attached hydrogens (primary N) is 1. The summed E-state index contributed by atoms with van der Waals surface area (Å²) < 4.78 is 2.48. The van der Waals surface area contributed by atoms with Gasteiger partial charge in [0.15, 0.2) is 0 Å². The number of aryl methyl sites for hydroxylation is 2. The molecule has 1 amide bonds. The number of halogens is 2. The zero-order valence-corrected chi connectivity index (χ0v) is 14.3. The minimum atomic E-state index is -0.647. The van der Waals surface area contributed by atoms with Gasteiger partial charge in [0.05, 0.1) is 10.7 Å². The molecule has 0 aliphatic rings. The Morgan fingerprint density at radius 2 is 2.14 bits per heavy atom. The van der Waals surface area contributed by atoms with Gasteiger partial charge in [0.25, 0.3) is 0 Å². The average molecular weight is 372 g/mol. The second-order valence-electron chi connectivity index (χ2n) is 4.82. The lowest BCUT2D eigenvalue weighted by Gasteiger charge is -2.18. The lowest BCUT2D eigenvalue weighted by atomic mass is 10.0. The van der Waals surface area contributed by atoms with E-state index in [0.29, 0.717) is 5.02 Å². The van der Waals surface area contributed by atoms with Crippen LogP contribution < -0.4 is 11.1 Å². The summed E-state index contributed by atoms with van der Waals surface area (Å²) in [5.74, 6) is -0.458. The number of rotatable bonds is 4. The average Bonchev–Trinajstić information content (AvgIpc) is 2.65. The molecule has 7 heteroatoms. The molecule has 0 saturated carbocycles. The maximum atomic E-state index is 11.9. The number of nitrogens with one attached hydrogen (secondary N) is 1. The predicted molar refractivity (Wildman–Crippen MR) is 87.4 cm³/mol. The van der Waals surface area contributed by atoms with Crippen molar-refractivity contribution >= 4 is 39.1 Å². The molecule has 112 valence electrons. The zero-order chi connectivity index (χ0) is 15.7. The van der Waals surface area contributed by atoms with Crippen LogP contribution in [-0.2, 0) is 11.8 Å². The molecule has 1 atom stereocenters. The van der Waals surface area contributed by atoms with E-state index >= 15 is 0 Å². The summed E-state index contributed by atoms with van der Waals surface area (Å²) in [5.41, 5.74) is 8.78. The van der Waals surface area contributed by atoms with Gasteiger partial charge < -0.3 is 11.1 Å². The maximum absolute atomic E-state index is 11.9. The summed E-state index contributed by atoms with van der Waals surface area (Å²) in [5, 5.41) is 8.07. The summed E-state index contributed by atoms with van der Waals surface area (Å²) in [7, 11) is 1.84. The van der Waals surface area contributed by atoms with Crippen molar-refractivity contribution in [2.24, 2.45) is 12.8 Å². The first-order valence-electron chi connectivity index (χ1n) is 6.32. The van der Waals surface area contributed by atoms with E-state index in [9.17, 15) is 4.79 Å². The fourth-order valence-electron chi connectivity index (χ4n) is 2.25. The summed E-state index contributed by atoms with van der Waals surface area (Å²) >= 11 is 9.33. The Labute approximate surface area is 136 Å². The Bertz CT molecular complexity index is 699. The van der Waals surface area contributed by atoms with Gasteiger partial charge in [-0.2, -0.15) is 5.10 Å². The van der Waals surface area contributed by atoms with E-state index in [1.54, 1.807) is 22.9 Å². The van der Waals surface area contributed by atoms with Crippen LogP contribution >= 0.6 is 27.5 Å². The highest BCUT2D eigenvalue weighted by Crippen LogP contribution is 2.29. The molecule has 1 aromatic carbocycles. The lowest BCUT2D eigenvalue weighted by molar-refractivity contribution is -0.118. The van der Waals surface area contributed by atoms with E-state index < -0.39 is 11.9 Å². The molecule has 2 rings (SSSR count). The van der Waals surface area contributed by atoms with Crippen LogP contribution in [0.15, 0.2) is 22.7 Å². The highest BCUT2D eigenvalue weighted by molar-refractivity contribution is 9.10. The molecule has 1 unspecified atom stereocenters. The van der Waals surface area contributed by atoms with E-state index in [0.717, 1.165) is 27.1 Å². The molecule has 21 heavy (non-hydrogen) atoms. The first kappa shape index (κ1) is 15.9. The Hall–Kier alpha value is -1.53. The molecule has 0 bridgehead atoms. The quantitative estimate of drug-likeness (QED) is 0.867. The molecule has 0 saturated heterocycles. The van der Waals surface area contributed by atoms with Crippen molar-refractivity contribution in [3.63, 3.8) is 0 Å². The second kappa shape index (κ2) is 6.07. The molecule has 0 spiro atoms. The normalized spacial score (nSPS) is 12.2. The van der Waals surface area contributed by atoms with E-state index in [1.165, 1.54) is 0 Å². The monoisotopic (exact) mass is 370 g/mol. The number of hydrogen-bond acceptors (Lipinski definition) is 3. The highest BCUT2D eigenvalue weighted by Gasteiger charge is 2.25. The van der Waals surface area contributed by atoms with Crippen molar-refractivity contribution in [3.05, 3.63) is 44.6 Å². The van der Waals surface area contributed by atoms with Crippen molar-refractivity contribution in [2.75, 3.05) is 5.32 Å². The third kappa shape index (κ3) is 3.22. The van der Waals surface area contributed by atoms with Gasteiger partial charge in [-0.15, -0.1) is 0 Å². The van der Waals surface area contributed by atoms with Crippen LogP contribution in [0.25, 0.3) is 0 Å². The van der Waals surface area contributed by atoms with Crippen LogP contribution in [-0.4, -0.2) is 15.7 Å². The molecule has 0 fully saturated rings. The van der Waals surface area contributed by atoms with E-state index in [1.807, 2.05) is 20.9 Å². The van der Waals surface area contributed by atoms with Gasteiger partial charge in [-0.3, -0.25) is 9.48 Å². The molecule has 0 radical (unpaired) electrons. The highest BCUT2D eigenvalue weighted by atomic mass is 79.9. The van der Waals surface area contributed by atoms with Crippen molar-refractivity contribution in [3.8, 4) is 0 Å². The number of benzene rings is 1.